The molecule has 5 rings (SSSR count). The number of anilines is 2. The topological polar surface area (TPSA) is 127 Å². The van der Waals surface area contributed by atoms with Crippen molar-refractivity contribution >= 4 is 28.8 Å². The van der Waals surface area contributed by atoms with E-state index in [1.54, 1.807) is 82.4 Å². The molecule has 11 nitrogen and oxygen atoms in total. The van der Waals surface area contributed by atoms with E-state index in [0.717, 1.165) is 0 Å². The van der Waals surface area contributed by atoms with Crippen LogP contribution in [0.4, 0.5) is 20.7 Å². The Labute approximate surface area is 240 Å². The first-order chi connectivity index (χ1) is 20.0. The number of aromatic nitrogens is 4. The lowest BCUT2D eigenvalue weighted by Crippen LogP contribution is -2.34. The van der Waals surface area contributed by atoms with Crippen molar-refractivity contribution in [2.24, 2.45) is 0 Å². The maximum atomic E-state index is 14.0. The highest BCUT2D eigenvalue weighted by molar-refractivity contribution is 5.90. The van der Waals surface area contributed by atoms with Crippen molar-refractivity contribution in [3.63, 3.8) is 0 Å². The minimum Gasteiger partial charge on any atom is -0.495 e. The Kier molecular flexibility index (Phi) is 7.29. The number of nitrogen functional groups attached to an aromatic ring is 1. The van der Waals surface area contributed by atoms with Gasteiger partial charge in [0.15, 0.2) is 11.5 Å². The molecule has 0 spiro atoms. The highest BCUT2D eigenvalue weighted by atomic mass is 19.1. The summed E-state index contributed by atoms with van der Waals surface area (Å²) in [7, 11) is 3.03. The van der Waals surface area contributed by atoms with Gasteiger partial charge in [0, 0.05) is 13.1 Å². The Morgan fingerprint density at radius 1 is 0.952 bits per heavy atom. The van der Waals surface area contributed by atoms with Crippen LogP contribution in [-0.4, -0.2) is 45.0 Å². The molecule has 2 heterocycles. The van der Waals surface area contributed by atoms with E-state index in [2.05, 4.69) is 9.97 Å². The van der Waals surface area contributed by atoms with E-state index in [0.29, 0.717) is 39.8 Å². The predicted octanol–water partition coefficient (Wildman–Crippen LogP) is 5.46. The van der Waals surface area contributed by atoms with Crippen LogP contribution in [0.15, 0.2) is 77.9 Å². The zero-order chi connectivity index (χ0) is 30.2. The van der Waals surface area contributed by atoms with E-state index in [1.807, 2.05) is 0 Å². The third-order valence-electron chi connectivity index (χ3n) is 6.23. The fourth-order valence-corrected chi connectivity index (χ4v) is 4.36. The molecule has 42 heavy (non-hydrogen) atoms. The quantitative estimate of drug-likeness (QED) is 0.284. The first-order valence-electron chi connectivity index (χ1n) is 12.9. The number of ether oxygens (including phenoxy) is 3. The van der Waals surface area contributed by atoms with Gasteiger partial charge in [-0.3, -0.25) is 9.47 Å². The summed E-state index contributed by atoms with van der Waals surface area (Å²) in [5, 5.41) is 0. The summed E-state index contributed by atoms with van der Waals surface area (Å²) in [6.07, 6.45) is 0.672. The number of amides is 1. The minimum atomic E-state index is -0.715. The number of nitrogens with zero attached hydrogens (tertiary/aromatic N) is 5. The lowest BCUT2D eigenvalue weighted by molar-refractivity contribution is 0.0588. The summed E-state index contributed by atoms with van der Waals surface area (Å²) >= 11 is 0. The largest absolute Gasteiger partial charge is 0.495 e. The van der Waals surface area contributed by atoms with Gasteiger partial charge in [0.05, 0.1) is 24.2 Å². The van der Waals surface area contributed by atoms with Gasteiger partial charge in [0.1, 0.15) is 40.5 Å². The number of rotatable bonds is 6. The van der Waals surface area contributed by atoms with Gasteiger partial charge in [-0.1, -0.05) is 6.07 Å². The Bertz CT molecular complexity index is 1840. The number of hydrogen-bond acceptors (Lipinski definition) is 8. The Morgan fingerprint density at radius 2 is 1.67 bits per heavy atom. The van der Waals surface area contributed by atoms with Crippen molar-refractivity contribution in [3.05, 3.63) is 89.4 Å². The van der Waals surface area contributed by atoms with Crippen molar-refractivity contribution in [1.29, 1.82) is 0 Å². The molecule has 0 radical (unpaired) electrons. The van der Waals surface area contributed by atoms with Gasteiger partial charge in [-0.15, -0.1) is 0 Å². The smallest absolute Gasteiger partial charge is 0.414 e. The van der Waals surface area contributed by atoms with Crippen LogP contribution in [-0.2, 0) is 4.74 Å². The fraction of sp³-hybridized carbons (Fsp3) is 0.200. The number of halogens is 1. The molecule has 216 valence electrons. The average Bonchev–Trinajstić information content (AvgIpc) is 3.24. The zero-order valence-corrected chi connectivity index (χ0v) is 23.7. The standard InChI is InChI=1S/C30H29FN6O5/c1-30(2,3)42-29(39)35(4)23-16-20(11-14-24(23)40-5)37-27-25(26(32)33-17-34-27)36(28(37)38)19-9-12-21(13-10-19)41-22-8-6-7-18(31)15-22/h6-17H,1-5H3,(H2,32,33,34). The number of methoxy groups -OCH3 is 1. The van der Waals surface area contributed by atoms with E-state index in [-0.39, 0.29) is 11.5 Å². The van der Waals surface area contributed by atoms with E-state index < -0.39 is 23.2 Å². The molecule has 5 aromatic rings. The van der Waals surface area contributed by atoms with Crippen LogP contribution >= 0.6 is 0 Å². The zero-order valence-electron chi connectivity index (χ0n) is 23.7. The number of carbonyl (C=O) groups excluding carboxylic acids is 1. The summed E-state index contributed by atoms with van der Waals surface area (Å²) < 4.78 is 33.1. The second-order valence-electron chi connectivity index (χ2n) is 10.3. The molecule has 0 unspecified atom stereocenters. The molecule has 0 bridgehead atoms. The maximum absolute atomic E-state index is 14.0. The van der Waals surface area contributed by atoms with E-state index in [9.17, 15) is 14.0 Å². The molecule has 2 N–H and O–H groups in total. The Morgan fingerprint density at radius 3 is 2.33 bits per heavy atom. The minimum absolute atomic E-state index is 0.0931. The third-order valence-corrected chi connectivity index (χ3v) is 6.23. The lowest BCUT2D eigenvalue weighted by Gasteiger charge is -2.26. The lowest BCUT2D eigenvalue weighted by atomic mass is 10.2. The summed E-state index contributed by atoms with van der Waals surface area (Å²) in [4.78, 5) is 36.6. The van der Waals surface area contributed by atoms with E-state index in [1.165, 1.54) is 39.6 Å². The maximum Gasteiger partial charge on any atom is 0.414 e. The molecule has 0 aliphatic heterocycles. The highest BCUT2D eigenvalue weighted by Gasteiger charge is 2.25. The first-order valence-corrected chi connectivity index (χ1v) is 12.9. The molecule has 0 atom stereocenters. The molecular formula is C30H29FN6O5. The second-order valence-corrected chi connectivity index (χ2v) is 10.3. The Hall–Kier alpha value is -5.39. The van der Waals surface area contributed by atoms with Gasteiger partial charge < -0.3 is 19.9 Å². The normalized spacial score (nSPS) is 11.4. The van der Waals surface area contributed by atoms with Crippen molar-refractivity contribution in [3.8, 4) is 28.6 Å². The van der Waals surface area contributed by atoms with Crippen molar-refractivity contribution in [1.82, 2.24) is 19.1 Å². The van der Waals surface area contributed by atoms with Gasteiger partial charge in [-0.25, -0.2) is 28.5 Å². The molecule has 0 fully saturated rings. The molecule has 0 aliphatic carbocycles. The molecule has 2 aromatic heterocycles. The van der Waals surface area contributed by atoms with Gasteiger partial charge in [-0.2, -0.15) is 0 Å². The van der Waals surface area contributed by atoms with Crippen LogP contribution in [0.2, 0.25) is 0 Å². The van der Waals surface area contributed by atoms with Crippen LogP contribution in [0, 0.1) is 5.82 Å². The van der Waals surface area contributed by atoms with Gasteiger partial charge in [-0.05, 0) is 75.4 Å². The van der Waals surface area contributed by atoms with E-state index in [4.69, 9.17) is 19.9 Å². The SMILES string of the molecule is COc1ccc(-n2c(=O)n(-c3ccc(Oc4cccc(F)c4)cc3)c3c(N)ncnc32)cc1N(C)C(=O)OC(C)(C)C. The second kappa shape index (κ2) is 10.9. The molecule has 0 saturated heterocycles. The highest BCUT2D eigenvalue weighted by Crippen LogP contribution is 2.33. The van der Waals surface area contributed by atoms with Crippen LogP contribution in [0.5, 0.6) is 17.2 Å². The summed E-state index contributed by atoms with van der Waals surface area (Å²) in [5.41, 5.74) is 6.84. The summed E-state index contributed by atoms with van der Waals surface area (Å²) in [6.45, 7) is 5.31. The fourth-order valence-electron chi connectivity index (χ4n) is 4.36. The molecular weight excluding hydrogens is 543 g/mol. The van der Waals surface area contributed by atoms with E-state index >= 15 is 0 Å². The monoisotopic (exact) mass is 572 g/mol. The van der Waals surface area contributed by atoms with Crippen LogP contribution in [0.1, 0.15) is 20.8 Å². The number of imidazole rings is 1. The molecule has 0 aliphatic rings. The third kappa shape index (κ3) is 5.46. The van der Waals surface area contributed by atoms with Crippen LogP contribution < -0.4 is 25.8 Å². The molecule has 12 heteroatoms. The molecule has 3 aromatic carbocycles. The van der Waals surface area contributed by atoms with Crippen molar-refractivity contribution in [2.75, 3.05) is 24.8 Å². The summed E-state index contributed by atoms with van der Waals surface area (Å²) in [6, 6.07) is 17.4. The molecule has 0 saturated carbocycles. The molecule has 1 amide bonds. The first kappa shape index (κ1) is 28.1. The summed E-state index contributed by atoms with van der Waals surface area (Å²) in [5.74, 6) is 0.844. The van der Waals surface area contributed by atoms with Gasteiger partial charge in [0.2, 0.25) is 0 Å². The average molecular weight is 573 g/mol. The van der Waals surface area contributed by atoms with Crippen molar-refractivity contribution < 1.29 is 23.4 Å². The van der Waals surface area contributed by atoms with Gasteiger partial charge in [0.25, 0.3) is 0 Å². The number of nitrogens with two attached hydrogens (primary N) is 1. The van der Waals surface area contributed by atoms with Gasteiger partial charge >= 0.3 is 11.8 Å². The van der Waals surface area contributed by atoms with Crippen molar-refractivity contribution in [2.45, 2.75) is 26.4 Å². The number of hydrogen-bond donors (Lipinski definition) is 1. The van der Waals surface area contributed by atoms with Crippen LogP contribution in [0.25, 0.3) is 22.5 Å². The number of carbonyl (C=O) groups is 1. The Balaban J connectivity index is 1.60. The number of benzene rings is 3. The number of fused-ring (bicyclic) bond motifs is 1. The predicted molar refractivity (Wildman–Crippen MR) is 157 cm³/mol. The van der Waals surface area contributed by atoms with Crippen LogP contribution in [0.3, 0.4) is 0 Å².